The minimum atomic E-state index is -0.549. The molecule has 1 amide bonds. The van der Waals surface area contributed by atoms with Crippen molar-refractivity contribution in [3.05, 3.63) is 57.6 Å². The molecule has 162 valence electrons. The molecule has 2 aromatic carbocycles. The highest BCUT2D eigenvalue weighted by atomic mass is 35.5. The maximum atomic E-state index is 12.4. The maximum Gasteiger partial charge on any atom is 0.271 e. The van der Waals surface area contributed by atoms with E-state index in [1.807, 2.05) is 42.7 Å². The Balaban J connectivity index is 1.74. The Kier molecular flexibility index (Phi) is 7.13. The number of carbonyl (C=O) groups is 1. The third-order valence-corrected chi connectivity index (χ3v) is 5.57. The van der Waals surface area contributed by atoms with Gasteiger partial charge >= 0.3 is 0 Å². The number of nitrogens with one attached hydrogen (secondary N) is 1. The fourth-order valence-electron chi connectivity index (χ4n) is 2.82. The van der Waals surface area contributed by atoms with Gasteiger partial charge in [-0.1, -0.05) is 23.4 Å². The molecule has 0 unspecified atom stereocenters. The largest absolute Gasteiger partial charge is 0.497 e. The van der Waals surface area contributed by atoms with Gasteiger partial charge in [-0.05, 0) is 44.2 Å². The van der Waals surface area contributed by atoms with Gasteiger partial charge in [0.15, 0.2) is 11.0 Å². The molecule has 9 nitrogen and oxygen atoms in total. The standard InChI is InChI=1S/C20H20ClN5O4S/c1-12(2)25-19(13-4-7-15(30-3)8-5-13)23-24-20(25)31-11-18(27)22-17-10-14(26(28)29)6-9-16(17)21/h4-10,12H,11H2,1-3H3,(H,22,27). The molecule has 1 heterocycles. The Morgan fingerprint density at radius 2 is 1.97 bits per heavy atom. The third-order valence-electron chi connectivity index (χ3n) is 4.30. The first-order valence-electron chi connectivity index (χ1n) is 9.26. The van der Waals surface area contributed by atoms with E-state index in [-0.39, 0.29) is 34.1 Å². The van der Waals surface area contributed by atoms with Crippen molar-refractivity contribution in [3.8, 4) is 17.1 Å². The quantitative estimate of drug-likeness (QED) is 0.290. The van der Waals surface area contributed by atoms with Gasteiger partial charge in [0, 0.05) is 23.7 Å². The van der Waals surface area contributed by atoms with Crippen LogP contribution in [0.15, 0.2) is 47.6 Å². The van der Waals surface area contributed by atoms with Gasteiger partial charge in [0.2, 0.25) is 5.91 Å². The van der Waals surface area contributed by atoms with Crippen LogP contribution in [0.3, 0.4) is 0 Å². The molecule has 0 bridgehead atoms. The van der Waals surface area contributed by atoms with E-state index in [1.54, 1.807) is 7.11 Å². The van der Waals surface area contributed by atoms with Gasteiger partial charge in [0.1, 0.15) is 5.75 Å². The van der Waals surface area contributed by atoms with Gasteiger partial charge < -0.3 is 10.1 Å². The molecule has 0 fully saturated rings. The molecule has 0 radical (unpaired) electrons. The Morgan fingerprint density at radius 1 is 1.26 bits per heavy atom. The van der Waals surface area contributed by atoms with E-state index in [1.165, 1.54) is 30.0 Å². The fourth-order valence-corrected chi connectivity index (χ4v) is 3.85. The summed E-state index contributed by atoms with van der Waals surface area (Å²) in [4.78, 5) is 22.8. The highest BCUT2D eigenvalue weighted by molar-refractivity contribution is 7.99. The van der Waals surface area contributed by atoms with Gasteiger partial charge in [-0.2, -0.15) is 0 Å². The lowest BCUT2D eigenvalue weighted by Crippen LogP contribution is -2.15. The number of methoxy groups -OCH3 is 1. The number of thioether (sulfide) groups is 1. The van der Waals surface area contributed by atoms with E-state index >= 15 is 0 Å². The number of nitrogens with zero attached hydrogens (tertiary/aromatic N) is 4. The topological polar surface area (TPSA) is 112 Å². The third kappa shape index (κ3) is 5.33. The molecule has 1 N–H and O–H groups in total. The lowest BCUT2D eigenvalue weighted by molar-refractivity contribution is -0.384. The highest BCUT2D eigenvalue weighted by Gasteiger charge is 2.19. The number of ether oxygens (including phenoxy) is 1. The van der Waals surface area contributed by atoms with Gasteiger partial charge in [-0.25, -0.2) is 0 Å². The van der Waals surface area contributed by atoms with E-state index in [4.69, 9.17) is 16.3 Å². The lowest BCUT2D eigenvalue weighted by atomic mass is 10.2. The zero-order valence-corrected chi connectivity index (χ0v) is 18.6. The molecule has 1 aromatic heterocycles. The van der Waals surface area contributed by atoms with Crippen LogP contribution in [0, 0.1) is 10.1 Å². The van der Waals surface area contributed by atoms with E-state index < -0.39 is 4.92 Å². The van der Waals surface area contributed by atoms with E-state index in [0.29, 0.717) is 11.0 Å². The fraction of sp³-hybridized carbons (Fsp3) is 0.250. The number of nitro groups is 1. The summed E-state index contributed by atoms with van der Waals surface area (Å²) in [7, 11) is 1.60. The second-order valence-electron chi connectivity index (χ2n) is 6.76. The molecule has 0 aliphatic rings. The Hall–Kier alpha value is -3.11. The van der Waals surface area contributed by atoms with Gasteiger partial charge in [-0.3, -0.25) is 19.5 Å². The van der Waals surface area contributed by atoms with Crippen molar-refractivity contribution in [1.29, 1.82) is 0 Å². The summed E-state index contributed by atoms with van der Waals surface area (Å²) in [6, 6.07) is 11.4. The van der Waals surface area contributed by atoms with Crippen molar-refractivity contribution in [2.45, 2.75) is 25.0 Å². The summed E-state index contributed by atoms with van der Waals surface area (Å²) >= 11 is 7.26. The molecule has 11 heteroatoms. The Bertz CT molecular complexity index is 1100. The van der Waals surface area contributed by atoms with Crippen molar-refractivity contribution in [2.75, 3.05) is 18.2 Å². The lowest BCUT2D eigenvalue weighted by Gasteiger charge is -2.14. The molecule has 3 aromatic rings. The second kappa shape index (κ2) is 9.80. The first-order valence-corrected chi connectivity index (χ1v) is 10.6. The Labute approximate surface area is 187 Å². The normalized spacial score (nSPS) is 10.9. The summed E-state index contributed by atoms with van der Waals surface area (Å²) in [5.74, 6) is 1.09. The summed E-state index contributed by atoms with van der Waals surface area (Å²) in [5, 5.41) is 22.9. The predicted octanol–water partition coefficient (Wildman–Crippen LogP) is 4.83. The number of rotatable bonds is 8. The van der Waals surface area contributed by atoms with Crippen LogP contribution in [-0.4, -0.2) is 38.5 Å². The first-order chi connectivity index (χ1) is 14.8. The number of non-ortho nitro benzene ring substituents is 1. The van der Waals surface area contributed by atoms with Crippen LogP contribution in [-0.2, 0) is 4.79 Å². The van der Waals surface area contributed by atoms with Crippen molar-refractivity contribution in [1.82, 2.24) is 14.8 Å². The van der Waals surface area contributed by atoms with Crippen LogP contribution in [0.5, 0.6) is 5.75 Å². The summed E-state index contributed by atoms with van der Waals surface area (Å²) < 4.78 is 7.14. The second-order valence-corrected chi connectivity index (χ2v) is 8.11. The van der Waals surface area contributed by atoms with Crippen LogP contribution in [0.4, 0.5) is 11.4 Å². The van der Waals surface area contributed by atoms with Crippen molar-refractivity contribution < 1.29 is 14.5 Å². The minimum Gasteiger partial charge on any atom is -0.497 e. The molecular formula is C20H20ClN5O4S. The number of hydrogen-bond donors (Lipinski definition) is 1. The molecule has 0 saturated heterocycles. The number of benzene rings is 2. The van der Waals surface area contributed by atoms with Crippen LogP contribution >= 0.6 is 23.4 Å². The number of hydrogen-bond acceptors (Lipinski definition) is 7. The molecule has 3 rings (SSSR count). The van der Waals surface area contributed by atoms with Gasteiger partial charge in [0.05, 0.1) is 28.5 Å². The number of halogens is 1. The first kappa shape index (κ1) is 22.6. The van der Waals surface area contributed by atoms with Crippen LogP contribution in [0.2, 0.25) is 5.02 Å². The zero-order valence-electron chi connectivity index (χ0n) is 17.0. The number of nitro benzene ring substituents is 1. The highest BCUT2D eigenvalue weighted by Crippen LogP contribution is 2.30. The number of aromatic nitrogens is 3. The zero-order chi connectivity index (χ0) is 22.5. The number of carbonyl (C=O) groups excluding carboxylic acids is 1. The molecule has 0 saturated carbocycles. The van der Waals surface area contributed by atoms with E-state index in [2.05, 4.69) is 15.5 Å². The van der Waals surface area contributed by atoms with Gasteiger partial charge in [0.25, 0.3) is 5.69 Å². The average molecular weight is 462 g/mol. The molecular weight excluding hydrogens is 442 g/mol. The smallest absolute Gasteiger partial charge is 0.271 e. The van der Waals surface area contributed by atoms with Crippen LogP contribution in [0.1, 0.15) is 19.9 Å². The summed E-state index contributed by atoms with van der Waals surface area (Å²) in [5.41, 5.74) is 0.906. The van der Waals surface area contributed by atoms with Crippen LogP contribution < -0.4 is 10.1 Å². The Morgan fingerprint density at radius 3 is 2.58 bits per heavy atom. The maximum absolute atomic E-state index is 12.4. The predicted molar refractivity (Wildman–Crippen MR) is 120 cm³/mol. The molecule has 31 heavy (non-hydrogen) atoms. The van der Waals surface area contributed by atoms with E-state index in [9.17, 15) is 14.9 Å². The average Bonchev–Trinajstić information content (AvgIpc) is 3.18. The van der Waals surface area contributed by atoms with Crippen molar-refractivity contribution in [3.63, 3.8) is 0 Å². The molecule has 0 atom stereocenters. The van der Waals surface area contributed by atoms with Crippen molar-refractivity contribution in [2.24, 2.45) is 0 Å². The molecule has 0 aliphatic heterocycles. The minimum absolute atomic E-state index is 0.0342. The monoisotopic (exact) mass is 461 g/mol. The van der Waals surface area contributed by atoms with Crippen LogP contribution in [0.25, 0.3) is 11.4 Å². The summed E-state index contributed by atoms with van der Waals surface area (Å²) in [6.07, 6.45) is 0. The van der Waals surface area contributed by atoms with E-state index in [0.717, 1.165) is 11.3 Å². The summed E-state index contributed by atoms with van der Waals surface area (Å²) in [6.45, 7) is 4.01. The molecule has 0 aliphatic carbocycles. The number of amides is 1. The number of anilines is 1. The molecule has 0 spiro atoms. The van der Waals surface area contributed by atoms with Gasteiger partial charge in [-0.15, -0.1) is 10.2 Å². The van der Waals surface area contributed by atoms with Crippen molar-refractivity contribution >= 4 is 40.6 Å². The SMILES string of the molecule is COc1ccc(-c2nnc(SCC(=O)Nc3cc([N+](=O)[O-])ccc3Cl)n2C(C)C)cc1.